The summed E-state index contributed by atoms with van der Waals surface area (Å²) in [4.78, 5) is 2.56. The minimum absolute atomic E-state index is 0.426. The normalized spacial score (nSPS) is 25.3. The Morgan fingerprint density at radius 3 is 2.79 bits per heavy atom. The zero-order chi connectivity index (χ0) is 13.8. The summed E-state index contributed by atoms with van der Waals surface area (Å²) in [6.45, 7) is 7.29. The topological polar surface area (TPSA) is 29.3 Å². The molecule has 1 aromatic carbocycles. The van der Waals surface area contributed by atoms with Crippen LogP contribution >= 0.6 is 11.6 Å². The maximum Gasteiger partial charge on any atom is 0.0438 e. The summed E-state index contributed by atoms with van der Waals surface area (Å²) < 4.78 is 0. The lowest BCUT2D eigenvalue weighted by Gasteiger charge is -2.34. The third-order valence-electron chi connectivity index (χ3n) is 4.36. The lowest BCUT2D eigenvalue weighted by atomic mass is 9.89. The highest BCUT2D eigenvalue weighted by Gasteiger charge is 2.29. The molecule has 1 aromatic rings. The highest BCUT2D eigenvalue weighted by molar-refractivity contribution is 6.31. The molecule has 0 radical (unpaired) electrons. The molecule has 19 heavy (non-hydrogen) atoms. The van der Waals surface area contributed by atoms with Gasteiger partial charge in [-0.25, -0.2) is 0 Å². The Bertz CT molecular complexity index is 405. The number of likely N-dealkylation sites (tertiary alicyclic amines) is 1. The van der Waals surface area contributed by atoms with Crippen molar-refractivity contribution in [1.82, 2.24) is 4.90 Å². The zero-order valence-corrected chi connectivity index (χ0v) is 12.8. The molecule has 2 atom stereocenters. The first-order chi connectivity index (χ1) is 9.17. The molecule has 0 spiro atoms. The van der Waals surface area contributed by atoms with Crippen LogP contribution in [0.3, 0.4) is 0 Å². The standard InChI is InChI=1S/C16H25ClN2/c1-3-19-9-5-4-6-14(11-18)16(19)13-8-7-12(2)15(17)10-13/h7-8,10,14,16H,3-6,9,11,18H2,1-2H3. The summed E-state index contributed by atoms with van der Waals surface area (Å²) >= 11 is 6.31. The molecule has 0 amide bonds. The molecule has 1 saturated heterocycles. The van der Waals surface area contributed by atoms with Crippen molar-refractivity contribution in [3.63, 3.8) is 0 Å². The van der Waals surface area contributed by atoms with E-state index in [0.29, 0.717) is 12.0 Å². The summed E-state index contributed by atoms with van der Waals surface area (Å²) in [6.07, 6.45) is 3.79. The van der Waals surface area contributed by atoms with Crippen molar-refractivity contribution >= 4 is 11.6 Å². The van der Waals surface area contributed by atoms with Gasteiger partial charge in [-0.1, -0.05) is 37.1 Å². The number of halogens is 1. The molecule has 0 bridgehead atoms. The number of aryl methyl sites for hydroxylation is 1. The Labute approximate surface area is 121 Å². The third-order valence-corrected chi connectivity index (χ3v) is 4.76. The summed E-state index contributed by atoms with van der Waals surface area (Å²) in [7, 11) is 0. The minimum Gasteiger partial charge on any atom is -0.330 e. The van der Waals surface area contributed by atoms with Crippen molar-refractivity contribution in [1.29, 1.82) is 0 Å². The highest BCUT2D eigenvalue weighted by atomic mass is 35.5. The largest absolute Gasteiger partial charge is 0.330 e. The molecule has 2 rings (SSSR count). The molecule has 0 aromatic heterocycles. The van der Waals surface area contributed by atoms with E-state index >= 15 is 0 Å². The van der Waals surface area contributed by atoms with Gasteiger partial charge in [0.05, 0.1) is 0 Å². The number of hydrogen-bond donors (Lipinski definition) is 1. The Morgan fingerprint density at radius 1 is 1.37 bits per heavy atom. The molecule has 3 heteroatoms. The summed E-state index contributed by atoms with van der Waals surface area (Å²) in [6, 6.07) is 6.92. The molecule has 1 fully saturated rings. The lowest BCUT2D eigenvalue weighted by molar-refractivity contribution is 0.166. The summed E-state index contributed by atoms with van der Waals surface area (Å²) in [5.74, 6) is 0.543. The van der Waals surface area contributed by atoms with Crippen LogP contribution in [-0.4, -0.2) is 24.5 Å². The highest BCUT2D eigenvalue weighted by Crippen LogP contribution is 2.35. The first-order valence-corrected chi connectivity index (χ1v) is 7.75. The van der Waals surface area contributed by atoms with Gasteiger partial charge in [0, 0.05) is 11.1 Å². The second-order valence-electron chi connectivity index (χ2n) is 5.57. The molecule has 2 N–H and O–H groups in total. The SMILES string of the molecule is CCN1CCCCC(CN)C1c1ccc(C)c(Cl)c1. The Hall–Kier alpha value is -0.570. The Morgan fingerprint density at radius 2 is 2.16 bits per heavy atom. The van der Waals surface area contributed by atoms with Crippen molar-refractivity contribution in [2.45, 2.75) is 39.2 Å². The van der Waals surface area contributed by atoms with Crippen LogP contribution in [0, 0.1) is 12.8 Å². The number of rotatable bonds is 3. The smallest absolute Gasteiger partial charge is 0.0438 e. The summed E-state index contributed by atoms with van der Waals surface area (Å²) in [5.41, 5.74) is 8.50. The minimum atomic E-state index is 0.426. The van der Waals surface area contributed by atoms with E-state index in [9.17, 15) is 0 Å². The van der Waals surface area contributed by atoms with E-state index in [1.165, 1.54) is 31.4 Å². The third kappa shape index (κ3) is 3.31. The van der Waals surface area contributed by atoms with Crippen molar-refractivity contribution in [2.75, 3.05) is 19.6 Å². The van der Waals surface area contributed by atoms with Gasteiger partial charge in [0.15, 0.2) is 0 Å². The molecule has 0 saturated carbocycles. The van der Waals surface area contributed by atoms with Crippen LogP contribution in [0.25, 0.3) is 0 Å². The van der Waals surface area contributed by atoms with Gasteiger partial charge in [0.1, 0.15) is 0 Å². The van der Waals surface area contributed by atoms with E-state index in [1.54, 1.807) is 0 Å². The van der Waals surface area contributed by atoms with E-state index in [2.05, 4.69) is 36.9 Å². The van der Waals surface area contributed by atoms with E-state index in [4.69, 9.17) is 17.3 Å². The van der Waals surface area contributed by atoms with Crippen LogP contribution in [0.4, 0.5) is 0 Å². The van der Waals surface area contributed by atoms with Crippen LogP contribution in [0.5, 0.6) is 0 Å². The molecule has 0 aliphatic carbocycles. The molecule has 2 nitrogen and oxygen atoms in total. The first-order valence-electron chi connectivity index (χ1n) is 7.37. The number of benzene rings is 1. The van der Waals surface area contributed by atoms with Gasteiger partial charge in [0.25, 0.3) is 0 Å². The van der Waals surface area contributed by atoms with E-state index in [-0.39, 0.29) is 0 Å². The molecule has 1 aliphatic rings. The monoisotopic (exact) mass is 280 g/mol. The van der Waals surface area contributed by atoms with Gasteiger partial charge in [-0.05, 0) is 62.5 Å². The van der Waals surface area contributed by atoms with Gasteiger partial charge in [-0.15, -0.1) is 0 Å². The van der Waals surface area contributed by atoms with Crippen LogP contribution in [-0.2, 0) is 0 Å². The molecular formula is C16H25ClN2. The van der Waals surface area contributed by atoms with Gasteiger partial charge < -0.3 is 5.73 Å². The van der Waals surface area contributed by atoms with Gasteiger partial charge >= 0.3 is 0 Å². The van der Waals surface area contributed by atoms with Crippen molar-refractivity contribution in [2.24, 2.45) is 11.7 Å². The summed E-state index contributed by atoms with van der Waals surface area (Å²) in [5, 5.41) is 0.869. The quantitative estimate of drug-likeness (QED) is 0.913. The fourth-order valence-corrected chi connectivity index (χ4v) is 3.38. The van der Waals surface area contributed by atoms with Crippen molar-refractivity contribution in [3.8, 4) is 0 Å². The number of nitrogens with two attached hydrogens (primary N) is 1. The van der Waals surface area contributed by atoms with Gasteiger partial charge in [0.2, 0.25) is 0 Å². The molecular weight excluding hydrogens is 256 g/mol. The average Bonchev–Trinajstić information content (AvgIpc) is 2.63. The fraction of sp³-hybridized carbons (Fsp3) is 0.625. The maximum absolute atomic E-state index is 6.31. The molecule has 2 unspecified atom stereocenters. The fourth-order valence-electron chi connectivity index (χ4n) is 3.19. The van der Waals surface area contributed by atoms with Crippen molar-refractivity contribution < 1.29 is 0 Å². The molecule has 106 valence electrons. The number of nitrogens with zero attached hydrogens (tertiary/aromatic N) is 1. The van der Waals surface area contributed by atoms with Crippen LogP contribution in [0.2, 0.25) is 5.02 Å². The lowest BCUT2D eigenvalue weighted by Crippen LogP contribution is -2.35. The predicted molar refractivity (Wildman–Crippen MR) is 82.6 cm³/mol. The maximum atomic E-state index is 6.31. The Balaban J connectivity index is 2.36. The molecule has 1 aliphatic heterocycles. The Kier molecular flexibility index (Phi) is 5.26. The zero-order valence-electron chi connectivity index (χ0n) is 12.0. The van der Waals surface area contributed by atoms with Crippen LogP contribution < -0.4 is 5.73 Å². The van der Waals surface area contributed by atoms with Crippen LogP contribution in [0.1, 0.15) is 43.4 Å². The van der Waals surface area contributed by atoms with E-state index in [1.807, 2.05) is 0 Å². The van der Waals surface area contributed by atoms with Gasteiger partial charge in [-0.3, -0.25) is 4.90 Å². The second-order valence-corrected chi connectivity index (χ2v) is 5.98. The van der Waals surface area contributed by atoms with Crippen LogP contribution in [0.15, 0.2) is 18.2 Å². The van der Waals surface area contributed by atoms with E-state index < -0.39 is 0 Å². The van der Waals surface area contributed by atoms with Crippen molar-refractivity contribution in [3.05, 3.63) is 34.3 Å². The first kappa shape index (κ1) is 14.8. The number of hydrogen-bond acceptors (Lipinski definition) is 2. The van der Waals surface area contributed by atoms with Gasteiger partial charge in [-0.2, -0.15) is 0 Å². The average molecular weight is 281 g/mol. The molecule has 1 heterocycles. The van der Waals surface area contributed by atoms with E-state index in [0.717, 1.165) is 23.7 Å². The predicted octanol–water partition coefficient (Wildman–Crippen LogP) is 3.77. The second kappa shape index (κ2) is 6.74.